The number of aryl methyl sites for hydroxylation is 1. The molecule has 1 aromatic heterocycles. The fraction of sp³-hybridized carbons (Fsp3) is 0.167. The molecule has 0 aliphatic carbocycles. The fourth-order valence-corrected chi connectivity index (χ4v) is 2.46. The Labute approximate surface area is 155 Å². The maximum absolute atomic E-state index is 10.8. The predicted molar refractivity (Wildman–Crippen MR) is 101 cm³/mol. The second-order valence-corrected chi connectivity index (χ2v) is 5.61. The quantitative estimate of drug-likeness (QED) is 0.481. The molecular weight excluding hydrogens is 348 g/mol. The maximum Gasteiger partial charge on any atom is 0.273 e. The van der Waals surface area contributed by atoms with Gasteiger partial charge in [-0.1, -0.05) is 31.2 Å². The van der Waals surface area contributed by atoms with Crippen molar-refractivity contribution in [3.8, 4) is 5.75 Å². The highest BCUT2D eigenvalue weighted by atomic mass is 16.6. The van der Waals surface area contributed by atoms with Gasteiger partial charge in [-0.3, -0.25) is 10.1 Å². The van der Waals surface area contributed by atoms with Crippen LogP contribution in [0.3, 0.4) is 0 Å². The highest BCUT2D eigenvalue weighted by Gasteiger charge is 2.10. The first-order chi connectivity index (χ1) is 13.0. The number of aromatic nitrogens is 3. The van der Waals surface area contributed by atoms with E-state index in [0.29, 0.717) is 17.5 Å². The number of benzene rings is 2. The van der Waals surface area contributed by atoms with Crippen molar-refractivity contribution < 1.29 is 9.66 Å². The molecule has 0 fully saturated rings. The summed E-state index contributed by atoms with van der Waals surface area (Å²) < 4.78 is 5.55. The molecule has 0 saturated carbocycles. The Morgan fingerprint density at radius 3 is 2.74 bits per heavy atom. The lowest BCUT2D eigenvalue weighted by Crippen LogP contribution is -2.10. The number of nitro benzene ring substituents is 1. The Bertz CT molecular complexity index is 963. The molecule has 0 spiro atoms. The molecule has 2 aromatic carbocycles. The molecule has 0 radical (unpaired) electrons. The van der Waals surface area contributed by atoms with Crippen LogP contribution in [0.4, 0.5) is 23.3 Å². The molecule has 0 bridgehead atoms. The molecule has 0 aliphatic heterocycles. The summed E-state index contributed by atoms with van der Waals surface area (Å²) in [5.74, 6) is 1.01. The van der Waals surface area contributed by atoms with Crippen molar-refractivity contribution in [3.05, 3.63) is 70.0 Å². The number of nitrogens with zero attached hydrogens (tertiary/aromatic N) is 4. The minimum absolute atomic E-state index is 0.00199. The zero-order chi connectivity index (χ0) is 19.2. The van der Waals surface area contributed by atoms with Gasteiger partial charge in [0, 0.05) is 11.8 Å². The Morgan fingerprint density at radius 1 is 1.15 bits per heavy atom. The topological polar surface area (TPSA) is 129 Å². The van der Waals surface area contributed by atoms with E-state index in [2.05, 4.69) is 27.2 Å². The van der Waals surface area contributed by atoms with Crippen LogP contribution < -0.4 is 15.8 Å². The molecule has 0 aliphatic rings. The third-order valence-electron chi connectivity index (χ3n) is 3.74. The van der Waals surface area contributed by atoms with E-state index in [1.807, 2.05) is 24.3 Å². The van der Waals surface area contributed by atoms with Gasteiger partial charge in [-0.15, -0.1) is 0 Å². The second-order valence-electron chi connectivity index (χ2n) is 5.61. The van der Waals surface area contributed by atoms with Gasteiger partial charge in [-0.2, -0.15) is 15.0 Å². The van der Waals surface area contributed by atoms with Crippen molar-refractivity contribution in [3.63, 3.8) is 0 Å². The first-order valence-electron chi connectivity index (χ1n) is 8.27. The lowest BCUT2D eigenvalue weighted by molar-refractivity contribution is -0.384. The summed E-state index contributed by atoms with van der Waals surface area (Å²) in [5.41, 5.74) is 7.72. The largest absolute Gasteiger partial charge is 0.485 e. The van der Waals surface area contributed by atoms with Crippen molar-refractivity contribution >= 4 is 23.3 Å². The SMILES string of the molecule is CCc1ccccc1Nc1nc(N)nc(COc2cccc([N+](=O)[O-])c2)n1. The molecule has 0 unspecified atom stereocenters. The Balaban J connectivity index is 1.75. The number of nitrogens with two attached hydrogens (primary N) is 1. The van der Waals surface area contributed by atoms with Crippen LogP contribution in [0.15, 0.2) is 48.5 Å². The van der Waals surface area contributed by atoms with E-state index in [4.69, 9.17) is 10.5 Å². The van der Waals surface area contributed by atoms with Crippen LogP contribution in [0.5, 0.6) is 5.75 Å². The van der Waals surface area contributed by atoms with E-state index in [-0.39, 0.29) is 18.2 Å². The molecule has 1 heterocycles. The number of para-hydroxylation sites is 1. The predicted octanol–water partition coefficient (Wildman–Crippen LogP) is 3.25. The van der Waals surface area contributed by atoms with Crippen LogP contribution in [0, 0.1) is 10.1 Å². The third-order valence-corrected chi connectivity index (χ3v) is 3.74. The minimum Gasteiger partial charge on any atom is -0.485 e. The average molecular weight is 366 g/mol. The van der Waals surface area contributed by atoms with Crippen LogP contribution in [-0.2, 0) is 13.0 Å². The summed E-state index contributed by atoms with van der Waals surface area (Å²) in [5, 5.41) is 14.0. The van der Waals surface area contributed by atoms with Crippen molar-refractivity contribution in [2.24, 2.45) is 0 Å². The van der Waals surface area contributed by atoms with Crippen molar-refractivity contribution in [1.82, 2.24) is 15.0 Å². The summed E-state index contributed by atoms with van der Waals surface area (Å²) in [6.07, 6.45) is 0.854. The zero-order valence-corrected chi connectivity index (χ0v) is 14.6. The third kappa shape index (κ3) is 4.66. The number of non-ortho nitro benzene ring substituents is 1. The second kappa shape index (κ2) is 8.09. The number of hydrogen-bond acceptors (Lipinski definition) is 8. The first-order valence-corrected chi connectivity index (χ1v) is 8.27. The number of nitrogen functional groups attached to an aromatic ring is 1. The van der Waals surface area contributed by atoms with E-state index in [1.54, 1.807) is 12.1 Å². The number of anilines is 3. The van der Waals surface area contributed by atoms with Crippen LogP contribution >= 0.6 is 0 Å². The van der Waals surface area contributed by atoms with Gasteiger partial charge in [-0.05, 0) is 24.1 Å². The van der Waals surface area contributed by atoms with Gasteiger partial charge in [0.05, 0.1) is 11.0 Å². The highest BCUT2D eigenvalue weighted by molar-refractivity contribution is 5.58. The van der Waals surface area contributed by atoms with Gasteiger partial charge in [0.25, 0.3) is 5.69 Å². The standard InChI is InChI=1S/C18H18N6O3/c1-2-12-6-3-4-9-15(12)20-18-22-16(21-17(19)23-18)11-27-14-8-5-7-13(10-14)24(25)26/h3-10H,2,11H2,1H3,(H3,19,20,21,22,23). The number of rotatable bonds is 7. The monoisotopic (exact) mass is 366 g/mol. The molecular formula is C18H18N6O3. The summed E-state index contributed by atoms with van der Waals surface area (Å²) in [7, 11) is 0. The molecule has 0 atom stereocenters. The Hall–Kier alpha value is -3.75. The molecule has 9 heteroatoms. The minimum atomic E-state index is -0.485. The molecule has 27 heavy (non-hydrogen) atoms. The zero-order valence-electron chi connectivity index (χ0n) is 14.6. The molecule has 0 saturated heterocycles. The van der Waals surface area contributed by atoms with Crippen LogP contribution in [0.2, 0.25) is 0 Å². The molecule has 9 nitrogen and oxygen atoms in total. The highest BCUT2D eigenvalue weighted by Crippen LogP contribution is 2.21. The van der Waals surface area contributed by atoms with Gasteiger partial charge >= 0.3 is 0 Å². The molecule has 3 rings (SSSR count). The molecule has 138 valence electrons. The van der Waals surface area contributed by atoms with Crippen molar-refractivity contribution in [2.75, 3.05) is 11.1 Å². The maximum atomic E-state index is 10.8. The van der Waals surface area contributed by atoms with E-state index in [9.17, 15) is 10.1 Å². The van der Waals surface area contributed by atoms with Crippen LogP contribution in [0.1, 0.15) is 18.3 Å². The fourth-order valence-electron chi connectivity index (χ4n) is 2.46. The van der Waals surface area contributed by atoms with Gasteiger partial charge in [0.2, 0.25) is 11.9 Å². The summed E-state index contributed by atoms with van der Waals surface area (Å²) >= 11 is 0. The summed E-state index contributed by atoms with van der Waals surface area (Å²) in [6, 6.07) is 13.7. The van der Waals surface area contributed by atoms with Crippen molar-refractivity contribution in [1.29, 1.82) is 0 Å². The number of nitrogens with one attached hydrogen (secondary N) is 1. The number of nitro groups is 1. The van der Waals surface area contributed by atoms with Crippen molar-refractivity contribution in [2.45, 2.75) is 20.0 Å². The van der Waals surface area contributed by atoms with Crippen LogP contribution in [0.25, 0.3) is 0 Å². The number of hydrogen-bond donors (Lipinski definition) is 2. The first kappa shape index (κ1) is 18.1. The number of ether oxygens (including phenoxy) is 1. The van der Waals surface area contributed by atoms with Gasteiger partial charge in [-0.25, -0.2) is 0 Å². The van der Waals surface area contributed by atoms with E-state index >= 15 is 0 Å². The Morgan fingerprint density at radius 2 is 1.96 bits per heavy atom. The smallest absolute Gasteiger partial charge is 0.273 e. The molecule has 3 aromatic rings. The van der Waals surface area contributed by atoms with Gasteiger partial charge in [0.1, 0.15) is 12.4 Å². The lowest BCUT2D eigenvalue weighted by Gasteiger charge is -2.11. The van der Waals surface area contributed by atoms with E-state index in [0.717, 1.165) is 17.7 Å². The Kier molecular flexibility index (Phi) is 5.41. The van der Waals surface area contributed by atoms with Gasteiger partial charge < -0.3 is 15.8 Å². The average Bonchev–Trinajstić information content (AvgIpc) is 2.66. The lowest BCUT2D eigenvalue weighted by atomic mass is 10.1. The summed E-state index contributed by atoms with van der Waals surface area (Å²) in [6.45, 7) is 2.05. The van der Waals surface area contributed by atoms with Gasteiger partial charge in [0.15, 0.2) is 5.82 Å². The normalized spacial score (nSPS) is 10.4. The van der Waals surface area contributed by atoms with E-state index in [1.165, 1.54) is 12.1 Å². The van der Waals surface area contributed by atoms with E-state index < -0.39 is 4.92 Å². The molecule has 0 amide bonds. The van der Waals surface area contributed by atoms with Crippen LogP contribution in [-0.4, -0.2) is 19.9 Å². The summed E-state index contributed by atoms with van der Waals surface area (Å²) in [4.78, 5) is 22.8. The molecule has 3 N–H and O–H groups in total.